The van der Waals surface area contributed by atoms with Crippen LogP contribution in [0.5, 0.6) is 0 Å². The third kappa shape index (κ3) is 20.7. The summed E-state index contributed by atoms with van der Waals surface area (Å²) in [7, 11) is 0. The molecule has 20 bridgehead atoms. The van der Waals surface area contributed by atoms with Crippen molar-refractivity contribution in [1.82, 2.24) is 29.8 Å². The Labute approximate surface area is 708 Å². The Morgan fingerprint density at radius 2 is 0.646 bits per heavy atom. The third-order valence-electron chi connectivity index (χ3n) is 18.4. The fraction of sp³-hybridized carbons (Fsp3) is 0.103. The second-order valence-corrected chi connectivity index (χ2v) is 31.8. The van der Waals surface area contributed by atoms with Crippen LogP contribution in [0.2, 0.25) is 0 Å². The van der Waals surface area contributed by atoms with Gasteiger partial charge in [0.25, 0.3) is 23.6 Å². The van der Waals surface area contributed by atoms with Gasteiger partial charge in [0.15, 0.2) is 12.9 Å². The second kappa shape index (κ2) is 38.2. The summed E-state index contributed by atoms with van der Waals surface area (Å²) in [5.74, 6) is -1.63. The van der Waals surface area contributed by atoms with Gasteiger partial charge in [0.05, 0.1) is 0 Å². The molecule has 0 saturated carbocycles. The number of para-hydroxylation sites is 4. The third-order valence-corrected chi connectivity index (χ3v) is 18.4. The van der Waals surface area contributed by atoms with E-state index in [9.17, 15) is 19.5 Å². The van der Waals surface area contributed by atoms with Gasteiger partial charge < -0.3 is 29.8 Å². The number of alkyl halides is 9. The average molecular weight is 1720 g/mol. The van der Waals surface area contributed by atoms with E-state index in [1.54, 1.807) is 66.9 Å². The van der Waals surface area contributed by atoms with Crippen LogP contribution in [0.25, 0.3) is 0 Å². The Balaban J connectivity index is 0.000000852. The Bertz CT molecular complexity index is 5200. The van der Waals surface area contributed by atoms with Crippen LogP contribution < -0.4 is 46.3 Å². The van der Waals surface area contributed by atoms with E-state index in [-0.39, 0.29) is 41.7 Å². The van der Waals surface area contributed by atoms with Crippen LogP contribution in [0.1, 0.15) is 137 Å². The molecule has 13 aromatic rings. The van der Waals surface area contributed by atoms with Crippen LogP contribution in [0, 0.1) is 29.6 Å². The number of carbonyl (C=O) groups is 5. The van der Waals surface area contributed by atoms with Gasteiger partial charge in [0.2, 0.25) is 0 Å². The van der Waals surface area contributed by atoms with Gasteiger partial charge in [-0.1, -0.05) is 159 Å². The fourth-order valence-corrected chi connectivity index (χ4v) is 13.8. The number of halogens is 9. The molecule has 3 aliphatic rings. The molecule has 8 heterocycles. The Morgan fingerprint density at radius 1 is 0.381 bits per heavy atom. The van der Waals surface area contributed by atoms with Crippen LogP contribution >= 0.6 is 104 Å². The molecule has 0 fully saturated rings. The Hall–Kier alpha value is -10.1. The van der Waals surface area contributed by atoms with Crippen LogP contribution in [-0.2, 0) is 54.3 Å². The Morgan fingerprint density at radius 3 is 0.912 bits per heavy atom. The van der Waals surface area contributed by atoms with Gasteiger partial charge in [-0.3, -0.25) is 50.3 Å². The zero-order chi connectivity index (χ0) is 78.5. The molecular weight excluding hydrogens is 1660 g/mol. The summed E-state index contributed by atoms with van der Waals surface area (Å²) >= 11 is 43.3. The predicted molar refractivity (Wildman–Crippen MR) is 442 cm³/mol. The molecule has 3 aliphatic heterocycles. The summed E-state index contributed by atoms with van der Waals surface area (Å²) in [6.45, 7) is 1.44. The van der Waals surface area contributed by atoms with Gasteiger partial charge in [-0.25, -0.2) is 0 Å². The van der Waals surface area contributed by atoms with Crippen molar-refractivity contribution in [2.45, 2.75) is 45.4 Å². The van der Waals surface area contributed by atoms with Gasteiger partial charge in [0, 0.05) is 180 Å². The number of hydrogen-bond acceptors (Lipinski definition) is 8. The van der Waals surface area contributed by atoms with Crippen molar-refractivity contribution in [3.63, 3.8) is 0 Å². The quantitative estimate of drug-likeness (QED) is 0.0736. The summed E-state index contributed by atoms with van der Waals surface area (Å²) in [6, 6.07) is 78.1. The number of aliphatic carboxylic acids is 1. The molecule has 0 unspecified atom stereocenters. The van der Waals surface area contributed by atoms with Crippen LogP contribution in [0.4, 0.5) is 22.7 Å². The van der Waals surface area contributed by atoms with Crippen LogP contribution in [-0.4, -0.2) is 52.4 Å². The minimum Gasteiger partial charge on any atom is -0.628 e. The molecule has 0 saturated heterocycles. The Kier molecular flexibility index (Phi) is 27.8. The topological polar surface area (TPSA) is 229 Å². The largest absolute Gasteiger partial charge is 0.628 e. The molecule has 4 N–H and O–H groups in total. The molecule has 16 rings (SSSR count). The molecule has 0 aliphatic carbocycles. The van der Waals surface area contributed by atoms with Crippen LogP contribution in [0.15, 0.2) is 267 Å². The first-order valence-electron chi connectivity index (χ1n) is 34.8. The first-order chi connectivity index (χ1) is 54.2. The summed E-state index contributed by atoms with van der Waals surface area (Å²) in [5, 5.41) is 26.0. The molecule has 4 amide bonds. The van der Waals surface area contributed by atoms with Crippen molar-refractivity contribution in [1.29, 1.82) is 0 Å². The molecule has 113 heavy (non-hydrogen) atoms. The molecule has 0 radical (unpaired) electrons. The second-order valence-electron chi connectivity index (χ2n) is 25.8. The molecule has 8 aromatic carbocycles. The molecule has 5 aromatic heterocycles. The number of benzene rings is 8. The molecule has 16 nitrogen and oxygen atoms in total. The number of hydrogen-bond donors (Lipinski definition) is 4. The van der Waals surface area contributed by atoms with E-state index in [0.717, 1.165) is 16.7 Å². The monoisotopic (exact) mass is 1710 g/mol. The van der Waals surface area contributed by atoms with Crippen molar-refractivity contribution in [2.24, 2.45) is 5.92 Å². The SMILES string of the molecule is ClC(Cl)Cl.ClC(Cl)Cl.ClC(Cl)Cl.O=C1Nc2ccccc2[C+]2c3ccc([n-]3)[C+](c3ccc([n-]3)[C+]3c4ccc([n-]4)[C+](c4ccc2[n-]4)c2ccccc2NC(=O)c2cccc(c2)CN(Cc2cccnc2)Cc2cccc(c2)C(=O)Nc2ccccc23)c2ccccc2NC(=O)c2cccc(c2)CC(C(=O)[O-])Cc2cccc1c2.[Fe]. The number of fused-ring (bicyclic) bond motifs is 24. The zero-order valence-corrected chi connectivity index (χ0v) is 67.0. The van der Waals surface area contributed by atoms with Crippen molar-refractivity contribution < 1.29 is 46.1 Å². The maximum Gasteiger partial charge on any atom is 0.262 e. The first kappa shape index (κ1) is 82.4. The number of rotatable bonds is 3. The molecule has 26 heteroatoms. The number of nitrogens with zero attached hydrogens (tertiary/aromatic N) is 6. The van der Waals surface area contributed by atoms with E-state index in [0.29, 0.717) is 167 Å². The summed E-state index contributed by atoms with van der Waals surface area (Å²) in [6.07, 6.45) is 3.68. The van der Waals surface area contributed by atoms with Crippen molar-refractivity contribution >= 4 is 157 Å². The van der Waals surface area contributed by atoms with E-state index >= 15 is 9.59 Å². The van der Waals surface area contributed by atoms with Crippen LogP contribution in [0.3, 0.4) is 0 Å². The van der Waals surface area contributed by atoms with E-state index in [1.165, 1.54) is 0 Å². The molecule has 568 valence electrons. The number of carboxylic acids is 1. The number of amides is 4. The number of carbonyl (C=O) groups excluding carboxylic acids is 5. The van der Waals surface area contributed by atoms with Crippen molar-refractivity contribution in [3.05, 3.63) is 409 Å². The fourth-order valence-electron chi connectivity index (χ4n) is 13.8. The maximum absolute atomic E-state index is 15.0. The normalized spacial score (nSPS) is 13.7. The van der Waals surface area contributed by atoms with E-state index in [2.05, 4.69) is 31.2 Å². The molecule has 0 spiro atoms. The van der Waals surface area contributed by atoms with E-state index < -0.39 is 36.6 Å². The standard InChI is InChI=1S/C84H60N10O6.3CHCl3.Fe/c95-80-55-19-9-14-50(40-55)42-59(84(99)100)43-51-15-10-20-56(41-51)81(96)91-65-28-6-2-24-61(65)77-69-32-31-68(86-69)76(60-23-1-5-27-64(60)90-80)70-33-35-72(87-70)78-62-25-3-7-29-66(62)92-82(97)57-21-11-16-52(44-57)47-94(49-54-18-13-39-85-46-54)48-53-17-12-22-58(45-53)83(98)93-67-30-8-4-26-63(67)79(73-36-34-71(77)88-73)75-38-37-74(78)89-75;3*2-1(3)4;/h1-41,44-46,59H,42-43,47-49H2,(H,90,95)(H,91,96)(H,92,97)(H,93,98)(H,99,100);3*1H;/p-1. The summed E-state index contributed by atoms with van der Waals surface area (Å²) in [4.78, 5) is 101. The number of aromatic nitrogens is 5. The van der Waals surface area contributed by atoms with Crippen molar-refractivity contribution in [2.75, 3.05) is 21.3 Å². The van der Waals surface area contributed by atoms with Gasteiger partial charge in [-0.2, -0.15) is 0 Å². The zero-order valence-electron chi connectivity index (χ0n) is 59.1. The summed E-state index contributed by atoms with van der Waals surface area (Å²) < 4.78 is -2.25. The minimum atomic E-state index is -1.27. The average Bonchev–Trinajstić information content (AvgIpc) is 1.61. The molecule has 0 atom stereocenters. The smallest absolute Gasteiger partial charge is 0.262 e. The molecular formula is C87H62Cl9FeN10O6-. The van der Waals surface area contributed by atoms with Gasteiger partial charge in [-0.05, 0) is 214 Å². The van der Waals surface area contributed by atoms with Gasteiger partial charge in [0.1, 0.15) is 45.0 Å². The van der Waals surface area contributed by atoms with Crippen molar-refractivity contribution in [3.8, 4) is 0 Å². The number of nitrogens with one attached hydrogen (secondary N) is 4. The minimum absolute atomic E-state index is 0. The first-order valence-corrected chi connectivity index (χ1v) is 38.7. The van der Waals surface area contributed by atoms with E-state index in [4.69, 9.17) is 124 Å². The van der Waals surface area contributed by atoms with E-state index in [1.807, 2.05) is 200 Å². The summed E-state index contributed by atoms with van der Waals surface area (Å²) in [5.41, 5.74) is 13.5. The van der Waals surface area contributed by atoms with Gasteiger partial charge in [-0.15, -0.1) is 0 Å². The van der Waals surface area contributed by atoms with Gasteiger partial charge >= 0.3 is 0 Å². The number of pyridine rings is 1. The number of carboxylic acid groups (broad SMARTS) is 1. The maximum atomic E-state index is 15.0. The number of anilines is 4. The predicted octanol–water partition coefficient (Wildman–Crippen LogP) is 18.2.